The summed E-state index contributed by atoms with van der Waals surface area (Å²) >= 11 is 2.17. The van der Waals surface area contributed by atoms with E-state index in [4.69, 9.17) is 9.47 Å². The second-order valence-corrected chi connectivity index (χ2v) is 6.70. The van der Waals surface area contributed by atoms with Crippen LogP contribution in [0.4, 0.5) is 4.39 Å². The number of esters is 1. The molecule has 0 radical (unpaired) electrons. The van der Waals surface area contributed by atoms with Gasteiger partial charge in [0.15, 0.2) is 6.10 Å². The fourth-order valence-electron chi connectivity index (χ4n) is 2.20. The smallest absolute Gasteiger partial charge is 0.338 e. The predicted molar refractivity (Wildman–Crippen MR) is 100 cm³/mol. The molecular weight excluding hydrogens is 452 g/mol. The molecule has 1 atom stereocenters. The van der Waals surface area contributed by atoms with Gasteiger partial charge in [0, 0.05) is 3.57 Å². The van der Waals surface area contributed by atoms with Crippen molar-refractivity contribution in [3.63, 3.8) is 0 Å². The molecule has 6 nitrogen and oxygen atoms in total. The summed E-state index contributed by atoms with van der Waals surface area (Å²) in [6.07, 6.45) is 2.50. The van der Waals surface area contributed by atoms with Gasteiger partial charge in [-0.2, -0.15) is 0 Å². The SMILES string of the molecule is O=C(OC(COc1ccc(F)cc1)Cn1cnnc1)c1ccc(I)cc1. The third-order valence-corrected chi connectivity index (χ3v) is 4.20. The third-order valence-electron chi connectivity index (χ3n) is 3.48. The Morgan fingerprint density at radius 3 is 2.38 bits per heavy atom. The highest BCUT2D eigenvalue weighted by Gasteiger charge is 2.18. The van der Waals surface area contributed by atoms with E-state index in [-0.39, 0.29) is 12.4 Å². The summed E-state index contributed by atoms with van der Waals surface area (Å²) in [6.45, 7) is 0.449. The fraction of sp³-hybridized carbons (Fsp3) is 0.167. The summed E-state index contributed by atoms with van der Waals surface area (Å²) in [6, 6.07) is 12.7. The summed E-state index contributed by atoms with van der Waals surface area (Å²) in [5, 5.41) is 7.48. The number of halogens is 2. The maximum atomic E-state index is 13.0. The first-order valence-electron chi connectivity index (χ1n) is 7.77. The number of aromatic nitrogens is 3. The lowest BCUT2D eigenvalue weighted by Crippen LogP contribution is -2.29. The number of benzene rings is 2. The molecule has 0 saturated heterocycles. The van der Waals surface area contributed by atoms with Crippen molar-refractivity contribution in [3.05, 3.63) is 76.1 Å². The van der Waals surface area contributed by atoms with Gasteiger partial charge in [0.2, 0.25) is 0 Å². The first kappa shape index (κ1) is 18.3. The number of carbonyl (C=O) groups excluding carboxylic acids is 1. The second kappa shape index (κ2) is 8.75. The van der Waals surface area contributed by atoms with Crippen LogP contribution < -0.4 is 4.74 Å². The molecule has 0 N–H and O–H groups in total. The highest BCUT2D eigenvalue weighted by molar-refractivity contribution is 14.1. The summed E-state index contributed by atoms with van der Waals surface area (Å²) in [5.41, 5.74) is 0.459. The van der Waals surface area contributed by atoms with Crippen molar-refractivity contribution in [2.24, 2.45) is 0 Å². The van der Waals surface area contributed by atoms with Crippen LogP contribution in [0.3, 0.4) is 0 Å². The second-order valence-electron chi connectivity index (χ2n) is 5.46. The van der Waals surface area contributed by atoms with E-state index in [0.29, 0.717) is 17.9 Å². The Morgan fingerprint density at radius 1 is 1.08 bits per heavy atom. The van der Waals surface area contributed by atoms with E-state index >= 15 is 0 Å². The van der Waals surface area contributed by atoms with E-state index in [9.17, 15) is 9.18 Å². The van der Waals surface area contributed by atoms with Crippen molar-refractivity contribution in [2.75, 3.05) is 6.61 Å². The summed E-state index contributed by atoms with van der Waals surface area (Å²) in [7, 11) is 0. The molecule has 0 fully saturated rings. The first-order valence-corrected chi connectivity index (χ1v) is 8.85. The van der Waals surface area contributed by atoms with Crippen LogP contribution in [0, 0.1) is 9.39 Å². The molecule has 2 aromatic carbocycles. The zero-order valence-corrected chi connectivity index (χ0v) is 15.7. The number of rotatable bonds is 7. The average Bonchev–Trinajstić information content (AvgIpc) is 3.14. The highest BCUT2D eigenvalue weighted by atomic mass is 127. The molecule has 3 rings (SSSR count). The molecule has 0 aliphatic carbocycles. The molecule has 8 heteroatoms. The van der Waals surface area contributed by atoms with Crippen molar-refractivity contribution >= 4 is 28.6 Å². The minimum atomic E-state index is -0.567. The Labute approximate surface area is 163 Å². The van der Waals surface area contributed by atoms with E-state index in [0.717, 1.165) is 3.57 Å². The van der Waals surface area contributed by atoms with Crippen molar-refractivity contribution < 1.29 is 18.7 Å². The molecule has 0 bridgehead atoms. The number of ether oxygens (including phenoxy) is 2. The van der Waals surface area contributed by atoms with Gasteiger partial charge in [-0.1, -0.05) is 0 Å². The molecule has 3 aromatic rings. The zero-order chi connectivity index (χ0) is 18.4. The quantitative estimate of drug-likeness (QED) is 0.394. The Morgan fingerprint density at radius 2 is 1.73 bits per heavy atom. The predicted octanol–water partition coefficient (Wildman–Crippen LogP) is 3.33. The van der Waals surface area contributed by atoms with E-state index in [2.05, 4.69) is 32.8 Å². The third kappa shape index (κ3) is 5.25. The summed E-state index contributed by atoms with van der Waals surface area (Å²) in [4.78, 5) is 12.4. The van der Waals surface area contributed by atoms with Gasteiger partial charge in [0.25, 0.3) is 0 Å². The minimum absolute atomic E-state index is 0.111. The molecule has 1 aromatic heterocycles. The summed E-state index contributed by atoms with van der Waals surface area (Å²) < 4.78 is 26.9. The van der Waals surface area contributed by atoms with Gasteiger partial charge in [-0.25, -0.2) is 9.18 Å². The topological polar surface area (TPSA) is 66.2 Å². The lowest BCUT2D eigenvalue weighted by molar-refractivity contribution is 0.0124. The largest absolute Gasteiger partial charge is 0.490 e. The van der Waals surface area contributed by atoms with Gasteiger partial charge < -0.3 is 14.0 Å². The first-order chi connectivity index (χ1) is 12.6. The molecule has 0 amide bonds. The van der Waals surface area contributed by atoms with Crippen LogP contribution >= 0.6 is 22.6 Å². The van der Waals surface area contributed by atoms with Gasteiger partial charge in [-0.3, -0.25) is 0 Å². The van der Waals surface area contributed by atoms with Crippen LogP contribution in [0.25, 0.3) is 0 Å². The zero-order valence-electron chi connectivity index (χ0n) is 13.6. The molecule has 1 unspecified atom stereocenters. The normalized spacial score (nSPS) is 11.8. The van der Waals surface area contributed by atoms with E-state index in [1.807, 2.05) is 12.1 Å². The Kier molecular flexibility index (Phi) is 6.16. The van der Waals surface area contributed by atoms with Crippen LogP contribution in [0.1, 0.15) is 10.4 Å². The van der Waals surface area contributed by atoms with Crippen LogP contribution in [-0.2, 0) is 11.3 Å². The van der Waals surface area contributed by atoms with Crippen molar-refractivity contribution in [1.82, 2.24) is 14.8 Å². The molecule has 26 heavy (non-hydrogen) atoms. The average molecular weight is 467 g/mol. The van der Waals surface area contributed by atoms with Crippen molar-refractivity contribution in [3.8, 4) is 5.75 Å². The van der Waals surface area contributed by atoms with Gasteiger partial charge in [0.05, 0.1) is 12.1 Å². The molecule has 0 spiro atoms. The molecule has 0 saturated carbocycles. The number of hydrogen-bond donors (Lipinski definition) is 0. The Balaban J connectivity index is 1.66. The minimum Gasteiger partial charge on any atom is -0.490 e. The van der Waals surface area contributed by atoms with Crippen LogP contribution in [-0.4, -0.2) is 33.4 Å². The van der Waals surface area contributed by atoms with Gasteiger partial charge in [0.1, 0.15) is 30.8 Å². The van der Waals surface area contributed by atoms with E-state index in [1.54, 1.807) is 16.7 Å². The highest BCUT2D eigenvalue weighted by Crippen LogP contribution is 2.14. The maximum Gasteiger partial charge on any atom is 0.338 e. The number of nitrogens with zero attached hydrogens (tertiary/aromatic N) is 3. The lowest BCUT2D eigenvalue weighted by atomic mass is 10.2. The standard InChI is InChI=1S/C18H15FIN3O3/c19-14-3-7-16(8-4-14)25-10-17(9-23-11-21-22-12-23)26-18(24)13-1-5-15(20)6-2-13/h1-8,11-12,17H,9-10H2. The Hall–Kier alpha value is -2.49. The molecule has 0 aliphatic heterocycles. The van der Waals surface area contributed by atoms with Gasteiger partial charge in [-0.05, 0) is 71.1 Å². The number of carbonyl (C=O) groups is 1. The molecular formula is C18H15FIN3O3. The van der Waals surface area contributed by atoms with Gasteiger partial charge >= 0.3 is 5.97 Å². The lowest BCUT2D eigenvalue weighted by Gasteiger charge is -2.19. The Bertz CT molecular complexity index is 839. The maximum absolute atomic E-state index is 13.0. The van der Waals surface area contributed by atoms with E-state index in [1.165, 1.54) is 36.9 Å². The van der Waals surface area contributed by atoms with E-state index < -0.39 is 12.1 Å². The molecule has 134 valence electrons. The van der Waals surface area contributed by atoms with Crippen LogP contribution in [0.2, 0.25) is 0 Å². The molecule has 0 aliphatic rings. The van der Waals surface area contributed by atoms with Gasteiger partial charge in [-0.15, -0.1) is 10.2 Å². The van der Waals surface area contributed by atoms with Crippen molar-refractivity contribution in [1.29, 1.82) is 0 Å². The van der Waals surface area contributed by atoms with Crippen LogP contribution in [0.15, 0.2) is 61.2 Å². The van der Waals surface area contributed by atoms with Crippen LogP contribution in [0.5, 0.6) is 5.75 Å². The monoisotopic (exact) mass is 467 g/mol. The fourth-order valence-corrected chi connectivity index (χ4v) is 2.56. The van der Waals surface area contributed by atoms with Crippen molar-refractivity contribution in [2.45, 2.75) is 12.6 Å². The summed E-state index contributed by atoms with van der Waals surface area (Å²) in [5.74, 6) is -0.295. The molecule has 1 heterocycles. The number of hydrogen-bond acceptors (Lipinski definition) is 5.